The molecule has 7 heteroatoms. The van der Waals surface area contributed by atoms with Gasteiger partial charge in [-0.05, 0) is 12.1 Å². The summed E-state index contributed by atoms with van der Waals surface area (Å²) in [5.41, 5.74) is 6.11. The van der Waals surface area contributed by atoms with Gasteiger partial charge in [-0.25, -0.2) is 4.98 Å². The molecule has 0 aliphatic heterocycles. The van der Waals surface area contributed by atoms with Gasteiger partial charge in [-0.3, -0.25) is 9.78 Å². The number of hydrogen-bond donors (Lipinski definition) is 2. The van der Waals surface area contributed by atoms with Crippen molar-refractivity contribution in [3.05, 3.63) is 35.9 Å². The predicted octanol–water partition coefficient (Wildman–Crippen LogP) is 0.558. The number of primary amides is 1. The Hall–Kier alpha value is -1.86. The third-order valence-corrected chi connectivity index (χ3v) is 3.45. The molecule has 0 aliphatic carbocycles. The third-order valence-electron chi connectivity index (χ3n) is 2.40. The van der Waals surface area contributed by atoms with E-state index in [-0.39, 0.29) is 12.3 Å². The Morgan fingerprint density at radius 2 is 2.33 bits per heavy atom. The van der Waals surface area contributed by atoms with Crippen LogP contribution in [0.3, 0.4) is 0 Å². The van der Waals surface area contributed by atoms with Gasteiger partial charge in [0.05, 0.1) is 18.5 Å². The molecule has 18 heavy (non-hydrogen) atoms. The minimum absolute atomic E-state index is 0.0626. The second kappa shape index (κ2) is 5.19. The third kappa shape index (κ3) is 2.52. The van der Waals surface area contributed by atoms with E-state index in [2.05, 4.69) is 9.97 Å². The lowest BCUT2D eigenvalue weighted by molar-refractivity contribution is 0.0995. The Kier molecular flexibility index (Phi) is 3.63. The number of pyridine rings is 1. The summed E-state index contributed by atoms with van der Waals surface area (Å²) in [7, 11) is 1.82. The summed E-state index contributed by atoms with van der Waals surface area (Å²) < 4.78 is 1.79. The number of amides is 1. The van der Waals surface area contributed by atoms with Crippen LogP contribution < -0.4 is 5.73 Å². The lowest BCUT2D eigenvalue weighted by Gasteiger charge is -2.04. The molecule has 0 saturated carbocycles. The highest BCUT2D eigenvalue weighted by atomic mass is 32.2. The number of aromatic nitrogens is 3. The molecule has 0 spiro atoms. The zero-order chi connectivity index (χ0) is 13.1. The van der Waals surface area contributed by atoms with E-state index in [0.717, 1.165) is 15.7 Å². The summed E-state index contributed by atoms with van der Waals surface area (Å²) in [6, 6.07) is 3.38. The first-order chi connectivity index (χ1) is 8.61. The number of nitrogens with zero attached hydrogens (tertiary/aromatic N) is 3. The highest BCUT2D eigenvalue weighted by molar-refractivity contribution is 7.99. The van der Waals surface area contributed by atoms with E-state index in [9.17, 15) is 4.79 Å². The first-order valence-corrected chi connectivity index (χ1v) is 5.98. The van der Waals surface area contributed by atoms with Gasteiger partial charge in [0.1, 0.15) is 5.69 Å². The van der Waals surface area contributed by atoms with Crippen molar-refractivity contribution in [2.45, 2.75) is 16.7 Å². The van der Waals surface area contributed by atoms with Crippen LogP contribution in [0.1, 0.15) is 16.2 Å². The van der Waals surface area contributed by atoms with Crippen LogP contribution in [0.4, 0.5) is 0 Å². The van der Waals surface area contributed by atoms with Crippen LogP contribution in [0.25, 0.3) is 0 Å². The molecule has 94 valence electrons. The van der Waals surface area contributed by atoms with E-state index in [1.54, 1.807) is 22.9 Å². The van der Waals surface area contributed by atoms with E-state index in [1.165, 1.54) is 18.0 Å². The topological polar surface area (TPSA) is 94.0 Å². The highest BCUT2D eigenvalue weighted by Gasteiger charge is 2.09. The molecule has 2 heterocycles. The van der Waals surface area contributed by atoms with Gasteiger partial charge in [0.15, 0.2) is 5.16 Å². The number of aliphatic hydroxyl groups excluding tert-OH is 1. The second-order valence-corrected chi connectivity index (χ2v) is 4.63. The average Bonchev–Trinajstić information content (AvgIpc) is 2.71. The summed E-state index contributed by atoms with van der Waals surface area (Å²) in [5, 5.41) is 9.80. The molecular weight excluding hydrogens is 252 g/mol. The Labute approximate surface area is 108 Å². The molecule has 6 nitrogen and oxygen atoms in total. The minimum Gasteiger partial charge on any atom is -0.390 e. The Balaban J connectivity index is 2.25. The van der Waals surface area contributed by atoms with Crippen LogP contribution in [0, 0.1) is 0 Å². The van der Waals surface area contributed by atoms with Gasteiger partial charge < -0.3 is 15.4 Å². The Bertz CT molecular complexity index is 582. The summed E-state index contributed by atoms with van der Waals surface area (Å²) >= 11 is 1.37. The number of carbonyl (C=O) groups is 1. The van der Waals surface area contributed by atoms with Gasteiger partial charge in [0, 0.05) is 18.1 Å². The fraction of sp³-hybridized carbons (Fsp3) is 0.182. The van der Waals surface area contributed by atoms with Crippen molar-refractivity contribution in [3.8, 4) is 0 Å². The number of hydrogen-bond acceptors (Lipinski definition) is 5. The Morgan fingerprint density at radius 1 is 1.56 bits per heavy atom. The monoisotopic (exact) mass is 264 g/mol. The molecule has 0 saturated heterocycles. The van der Waals surface area contributed by atoms with Gasteiger partial charge in [-0.15, -0.1) is 0 Å². The molecule has 2 aromatic rings. The molecule has 0 atom stereocenters. The first kappa shape index (κ1) is 12.6. The van der Waals surface area contributed by atoms with Gasteiger partial charge in [-0.1, -0.05) is 11.8 Å². The normalized spacial score (nSPS) is 10.6. The van der Waals surface area contributed by atoms with Crippen molar-refractivity contribution < 1.29 is 9.90 Å². The number of rotatable bonds is 4. The number of nitrogens with two attached hydrogens (primary N) is 1. The van der Waals surface area contributed by atoms with Crippen LogP contribution in [-0.2, 0) is 13.7 Å². The smallest absolute Gasteiger partial charge is 0.267 e. The zero-order valence-corrected chi connectivity index (χ0v) is 10.5. The minimum atomic E-state index is -0.562. The standard InChI is InChI=1S/C11H12N4O2S/c1-15-7(6-16)5-14-11(15)18-8-2-3-13-9(4-8)10(12)17/h2-5,16H,6H2,1H3,(H2,12,17). The summed E-state index contributed by atoms with van der Waals surface area (Å²) in [6.07, 6.45) is 3.14. The van der Waals surface area contributed by atoms with Crippen LogP contribution >= 0.6 is 11.8 Å². The van der Waals surface area contributed by atoms with Crippen LogP contribution in [0.2, 0.25) is 0 Å². The summed E-state index contributed by atoms with van der Waals surface area (Å²) in [4.78, 5) is 19.9. The molecule has 0 bridgehead atoms. The first-order valence-electron chi connectivity index (χ1n) is 5.17. The average molecular weight is 264 g/mol. The van der Waals surface area contributed by atoms with E-state index in [1.807, 2.05) is 7.05 Å². The molecule has 2 rings (SSSR count). The lowest BCUT2D eigenvalue weighted by Crippen LogP contribution is -2.12. The molecule has 0 radical (unpaired) electrons. The van der Waals surface area contributed by atoms with Gasteiger partial charge in [0.2, 0.25) is 0 Å². The second-order valence-electron chi connectivity index (χ2n) is 3.59. The Morgan fingerprint density at radius 3 is 2.94 bits per heavy atom. The van der Waals surface area contributed by atoms with Crippen molar-refractivity contribution in [3.63, 3.8) is 0 Å². The van der Waals surface area contributed by atoms with Gasteiger partial charge >= 0.3 is 0 Å². The van der Waals surface area contributed by atoms with Crippen molar-refractivity contribution in [2.24, 2.45) is 12.8 Å². The SMILES string of the molecule is Cn1c(CO)cnc1Sc1ccnc(C(N)=O)c1. The van der Waals surface area contributed by atoms with Crippen molar-refractivity contribution in [2.75, 3.05) is 0 Å². The summed E-state index contributed by atoms with van der Waals surface area (Å²) in [5.74, 6) is -0.562. The van der Waals surface area contributed by atoms with Crippen LogP contribution in [-0.4, -0.2) is 25.5 Å². The molecule has 0 fully saturated rings. The molecule has 1 amide bonds. The fourth-order valence-electron chi connectivity index (χ4n) is 1.38. The molecule has 0 aromatic carbocycles. The molecular formula is C11H12N4O2S. The van der Waals surface area contributed by atoms with Crippen LogP contribution in [0.5, 0.6) is 0 Å². The van der Waals surface area contributed by atoms with Gasteiger partial charge in [-0.2, -0.15) is 0 Å². The maximum Gasteiger partial charge on any atom is 0.267 e. The highest BCUT2D eigenvalue weighted by Crippen LogP contribution is 2.26. The fourth-order valence-corrected chi connectivity index (χ4v) is 2.25. The van der Waals surface area contributed by atoms with E-state index < -0.39 is 5.91 Å². The predicted molar refractivity (Wildman–Crippen MR) is 66.0 cm³/mol. The largest absolute Gasteiger partial charge is 0.390 e. The maximum absolute atomic E-state index is 11.0. The van der Waals surface area contributed by atoms with Crippen molar-refractivity contribution in [1.29, 1.82) is 0 Å². The number of carbonyl (C=O) groups excluding carboxylic acids is 1. The van der Waals surface area contributed by atoms with Crippen molar-refractivity contribution >= 4 is 17.7 Å². The van der Waals surface area contributed by atoms with E-state index in [4.69, 9.17) is 10.8 Å². The molecule has 0 unspecified atom stereocenters. The molecule has 2 aromatic heterocycles. The maximum atomic E-state index is 11.0. The van der Waals surface area contributed by atoms with E-state index >= 15 is 0 Å². The summed E-state index contributed by atoms with van der Waals surface area (Å²) in [6.45, 7) is -0.0626. The number of aliphatic hydroxyl groups is 1. The number of imidazole rings is 1. The van der Waals surface area contributed by atoms with Crippen molar-refractivity contribution in [1.82, 2.24) is 14.5 Å². The lowest BCUT2D eigenvalue weighted by atomic mass is 10.3. The zero-order valence-electron chi connectivity index (χ0n) is 9.70. The van der Waals surface area contributed by atoms with Crippen LogP contribution in [0.15, 0.2) is 34.6 Å². The van der Waals surface area contributed by atoms with Gasteiger partial charge in [0.25, 0.3) is 5.91 Å². The molecule has 3 N–H and O–H groups in total. The quantitative estimate of drug-likeness (QED) is 0.841. The van der Waals surface area contributed by atoms with E-state index in [0.29, 0.717) is 0 Å². The molecule has 0 aliphatic rings.